The topological polar surface area (TPSA) is 119 Å². The van der Waals surface area contributed by atoms with E-state index in [1.807, 2.05) is 12.2 Å². The van der Waals surface area contributed by atoms with Crippen LogP contribution in [0.5, 0.6) is 5.75 Å². The lowest BCUT2D eigenvalue weighted by atomic mass is 10.1. The molecule has 0 unspecified atom stereocenters. The first-order valence-electron chi connectivity index (χ1n) is 12.8. The Morgan fingerprint density at radius 1 is 1.22 bits per heavy atom. The molecule has 1 aromatic carbocycles. The fourth-order valence-electron chi connectivity index (χ4n) is 3.83. The molecule has 37 heavy (non-hydrogen) atoms. The number of aryl methyl sites for hydroxylation is 1. The van der Waals surface area contributed by atoms with E-state index in [1.54, 1.807) is 22.9 Å². The van der Waals surface area contributed by atoms with E-state index in [-0.39, 0.29) is 47.7 Å². The fourth-order valence-corrected chi connectivity index (χ4v) is 3.83. The van der Waals surface area contributed by atoms with Crippen LogP contribution in [-0.4, -0.2) is 44.7 Å². The lowest BCUT2D eigenvalue weighted by molar-refractivity contribution is 0.0963. The van der Waals surface area contributed by atoms with Gasteiger partial charge in [-0.3, -0.25) is 9.48 Å². The summed E-state index contributed by atoms with van der Waals surface area (Å²) < 4.78 is 50.1. The number of carbonyl (C=O) groups is 1. The number of rotatable bonds is 4. The molecule has 11 nitrogen and oxygen atoms in total. The summed E-state index contributed by atoms with van der Waals surface area (Å²) >= 11 is 0. The molecule has 1 aliphatic heterocycles. The molecule has 0 spiro atoms. The second-order valence-electron chi connectivity index (χ2n) is 8.03. The van der Waals surface area contributed by atoms with Crippen molar-refractivity contribution in [2.24, 2.45) is 0 Å². The number of hydrogen-bond donors (Lipinski definition) is 2. The van der Waals surface area contributed by atoms with E-state index in [2.05, 4.69) is 25.4 Å². The first-order valence-corrected chi connectivity index (χ1v) is 11.3. The van der Waals surface area contributed by atoms with Gasteiger partial charge in [0.1, 0.15) is 35.2 Å². The standard InChI is InChI=1S/C25H25FN8O3/c1-4-33-14-29-25(32-33)34-22-8-6-17(26)20(31-22)13-37-12-15-5-7-21(36-3)19(9-15)30-18-10-23(34)28-11-16(18)24(35)27-2/h5-11,14,30H,4,12-13H2,1-3H3,(H,27,35)/i2D3. The summed E-state index contributed by atoms with van der Waals surface area (Å²) in [6.45, 7) is -0.263. The Labute approximate surface area is 216 Å². The number of carbonyl (C=O) groups excluding carboxylic acids is 1. The van der Waals surface area contributed by atoms with Crippen molar-refractivity contribution in [2.75, 3.05) is 24.3 Å². The van der Waals surface area contributed by atoms with Gasteiger partial charge in [-0.15, -0.1) is 5.10 Å². The summed E-state index contributed by atoms with van der Waals surface area (Å²) in [5.41, 5.74) is 1.44. The Morgan fingerprint density at radius 3 is 2.89 bits per heavy atom. The first kappa shape index (κ1) is 20.6. The van der Waals surface area contributed by atoms with Crippen LogP contribution in [0.25, 0.3) is 0 Å². The number of fused-ring (bicyclic) bond motifs is 6. The average Bonchev–Trinajstić information content (AvgIpc) is 3.38. The third-order valence-corrected chi connectivity index (χ3v) is 5.70. The normalized spacial score (nSPS) is 14.5. The zero-order valence-corrected chi connectivity index (χ0v) is 20.0. The molecule has 3 aromatic heterocycles. The van der Waals surface area contributed by atoms with Gasteiger partial charge in [0.15, 0.2) is 0 Å². The molecule has 0 aliphatic carbocycles. The van der Waals surface area contributed by atoms with Gasteiger partial charge in [-0.05, 0) is 36.8 Å². The van der Waals surface area contributed by atoms with Crippen LogP contribution in [0, 0.1) is 5.82 Å². The largest absolute Gasteiger partial charge is 0.495 e. The second-order valence-corrected chi connectivity index (χ2v) is 8.03. The predicted molar refractivity (Wildman–Crippen MR) is 134 cm³/mol. The fraction of sp³-hybridized carbons (Fsp3) is 0.240. The van der Waals surface area contributed by atoms with Crippen molar-refractivity contribution in [3.8, 4) is 5.75 Å². The van der Waals surface area contributed by atoms with Crippen LogP contribution in [0.3, 0.4) is 0 Å². The van der Waals surface area contributed by atoms with Gasteiger partial charge < -0.3 is 20.1 Å². The van der Waals surface area contributed by atoms with Gasteiger partial charge >= 0.3 is 0 Å². The smallest absolute Gasteiger partial charge is 0.256 e. The highest BCUT2D eigenvalue weighted by Crippen LogP contribution is 2.36. The molecule has 4 aromatic rings. The minimum absolute atomic E-state index is 0.0459. The number of anilines is 5. The number of aromatic nitrogens is 5. The molecule has 0 saturated carbocycles. The Hall–Kier alpha value is -4.58. The summed E-state index contributed by atoms with van der Waals surface area (Å²) in [4.78, 5) is 27.8. The molecule has 1 aliphatic rings. The third-order valence-electron chi connectivity index (χ3n) is 5.70. The SMILES string of the molecule is [2H]C([2H])([2H])NC(=O)c1cnc2cc1Nc1cc(ccc1OC)COCc1nc(ccc1F)N2c1ncn(CC)n1. The van der Waals surface area contributed by atoms with Gasteiger partial charge in [-0.2, -0.15) is 4.98 Å². The van der Waals surface area contributed by atoms with Crippen molar-refractivity contribution in [3.05, 3.63) is 71.6 Å². The minimum Gasteiger partial charge on any atom is -0.495 e. The number of nitrogens with one attached hydrogen (secondary N) is 2. The summed E-state index contributed by atoms with van der Waals surface area (Å²) in [5, 5.41) is 9.64. The number of ether oxygens (including phenoxy) is 2. The van der Waals surface area contributed by atoms with Crippen LogP contribution in [-0.2, 0) is 24.5 Å². The number of halogens is 1. The van der Waals surface area contributed by atoms with E-state index in [1.165, 1.54) is 42.7 Å². The highest BCUT2D eigenvalue weighted by Gasteiger charge is 2.24. The second kappa shape index (κ2) is 10.2. The molecule has 4 heterocycles. The van der Waals surface area contributed by atoms with Crippen LogP contribution in [0.2, 0.25) is 0 Å². The number of hydrogen-bond acceptors (Lipinski definition) is 9. The Morgan fingerprint density at radius 2 is 2.11 bits per heavy atom. The Bertz CT molecular complexity index is 1560. The van der Waals surface area contributed by atoms with Gasteiger partial charge in [0.05, 0.1) is 37.3 Å². The van der Waals surface area contributed by atoms with Gasteiger partial charge in [0, 0.05) is 29.9 Å². The molecule has 0 radical (unpaired) electrons. The van der Waals surface area contributed by atoms with E-state index < -0.39 is 18.7 Å². The van der Waals surface area contributed by atoms with Crippen LogP contribution >= 0.6 is 0 Å². The molecule has 0 fully saturated rings. The van der Waals surface area contributed by atoms with Crippen molar-refractivity contribution < 1.29 is 22.8 Å². The van der Waals surface area contributed by atoms with Crippen LogP contribution in [0.15, 0.2) is 48.9 Å². The predicted octanol–water partition coefficient (Wildman–Crippen LogP) is 3.84. The number of methoxy groups -OCH3 is 1. The summed E-state index contributed by atoms with van der Waals surface area (Å²) in [5.74, 6) is -0.305. The van der Waals surface area contributed by atoms with E-state index >= 15 is 0 Å². The maximum absolute atomic E-state index is 14.7. The molecule has 0 atom stereocenters. The quantitative estimate of drug-likeness (QED) is 0.425. The van der Waals surface area contributed by atoms with E-state index in [0.29, 0.717) is 18.0 Å². The van der Waals surface area contributed by atoms with Crippen molar-refractivity contribution >= 4 is 34.9 Å². The van der Waals surface area contributed by atoms with E-state index in [0.717, 1.165) is 5.56 Å². The van der Waals surface area contributed by atoms with Crippen molar-refractivity contribution in [1.29, 1.82) is 0 Å². The van der Waals surface area contributed by atoms with Crippen LogP contribution in [0.1, 0.15) is 32.7 Å². The maximum atomic E-state index is 14.7. The molecule has 190 valence electrons. The number of pyridine rings is 2. The average molecular weight is 508 g/mol. The minimum atomic E-state index is -2.73. The Kier molecular flexibility index (Phi) is 5.67. The van der Waals surface area contributed by atoms with Gasteiger partial charge in [-0.25, -0.2) is 19.3 Å². The molecule has 5 rings (SSSR count). The molecule has 1 amide bonds. The van der Waals surface area contributed by atoms with Gasteiger partial charge in [0.2, 0.25) is 0 Å². The highest BCUT2D eigenvalue weighted by molar-refractivity contribution is 6.00. The van der Waals surface area contributed by atoms with E-state index in [4.69, 9.17) is 13.6 Å². The molecule has 0 saturated heterocycles. The Balaban J connectivity index is 1.73. The number of nitrogens with zero attached hydrogens (tertiary/aromatic N) is 6. The first-order chi connectivity index (χ1) is 19.1. The molecule has 6 bridgehead atoms. The van der Waals surface area contributed by atoms with Gasteiger partial charge in [-0.1, -0.05) is 6.07 Å². The molecule has 12 heteroatoms. The maximum Gasteiger partial charge on any atom is 0.256 e. The van der Waals surface area contributed by atoms with Gasteiger partial charge in [0.25, 0.3) is 11.9 Å². The number of amides is 1. The molecular weight excluding hydrogens is 479 g/mol. The summed E-state index contributed by atoms with van der Waals surface area (Å²) in [7, 11) is 1.49. The molecule has 2 N–H and O–H groups in total. The monoisotopic (exact) mass is 507 g/mol. The number of benzene rings is 1. The zero-order valence-electron chi connectivity index (χ0n) is 23.0. The lowest BCUT2D eigenvalue weighted by Gasteiger charge is -2.22. The van der Waals surface area contributed by atoms with E-state index in [9.17, 15) is 9.18 Å². The van der Waals surface area contributed by atoms with Crippen molar-refractivity contribution in [2.45, 2.75) is 26.7 Å². The summed E-state index contributed by atoms with van der Waals surface area (Å²) in [6.07, 6.45) is 2.76. The highest BCUT2D eigenvalue weighted by atomic mass is 19.1. The van der Waals surface area contributed by atoms with Crippen molar-refractivity contribution in [1.82, 2.24) is 30.0 Å². The van der Waals surface area contributed by atoms with Crippen LogP contribution < -0.4 is 20.3 Å². The van der Waals surface area contributed by atoms with Crippen molar-refractivity contribution in [3.63, 3.8) is 0 Å². The summed E-state index contributed by atoms with van der Waals surface area (Å²) in [6, 6.07) is 9.49. The molecular formula is C25H25FN8O3. The third kappa shape index (κ3) is 4.78. The zero-order chi connectivity index (χ0) is 28.4. The lowest BCUT2D eigenvalue weighted by Crippen LogP contribution is -2.21. The van der Waals surface area contributed by atoms with Crippen LogP contribution in [0.4, 0.5) is 33.3 Å².